The molecule has 3 rings (SSSR count). The fraction of sp³-hybridized carbons (Fsp3) is 0.467. The zero-order chi connectivity index (χ0) is 11.3. The van der Waals surface area contributed by atoms with Crippen molar-refractivity contribution in [3.05, 3.63) is 41.0 Å². The van der Waals surface area contributed by atoms with Gasteiger partial charge in [-0.1, -0.05) is 29.5 Å². The lowest BCUT2D eigenvalue weighted by atomic mass is 9.83. The summed E-state index contributed by atoms with van der Waals surface area (Å²) in [6.45, 7) is 4.48. The molecule has 16 heavy (non-hydrogen) atoms. The van der Waals surface area contributed by atoms with Crippen LogP contribution in [0.25, 0.3) is 0 Å². The lowest BCUT2D eigenvalue weighted by Gasteiger charge is -2.22. The van der Waals surface area contributed by atoms with Crippen molar-refractivity contribution in [2.24, 2.45) is 11.8 Å². The zero-order valence-corrected chi connectivity index (χ0v) is 11.0. The predicted molar refractivity (Wildman–Crippen MR) is 69.4 cm³/mol. The second-order valence-electron chi connectivity index (χ2n) is 5.34. The summed E-state index contributed by atoms with van der Waals surface area (Å²) < 4.78 is 0. The van der Waals surface area contributed by atoms with Crippen molar-refractivity contribution in [1.29, 1.82) is 0 Å². The molecule has 2 aliphatic carbocycles. The van der Waals surface area contributed by atoms with Crippen LogP contribution in [0.15, 0.2) is 24.3 Å². The third-order valence-electron chi connectivity index (χ3n) is 4.51. The quantitative estimate of drug-likeness (QED) is 0.509. The van der Waals surface area contributed by atoms with E-state index in [0.717, 1.165) is 17.8 Å². The molecule has 0 saturated heterocycles. The van der Waals surface area contributed by atoms with Gasteiger partial charge in [0.1, 0.15) is 0 Å². The highest BCUT2D eigenvalue weighted by Crippen LogP contribution is 2.49. The van der Waals surface area contributed by atoms with Crippen LogP contribution in [0.1, 0.15) is 35.4 Å². The molecule has 3 radical (unpaired) electrons. The van der Waals surface area contributed by atoms with E-state index in [9.17, 15) is 0 Å². The zero-order valence-electron chi connectivity index (χ0n) is 9.96. The maximum Gasteiger partial charge on any atom is 0.0715 e. The maximum absolute atomic E-state index is 3.67. The summed E-state index contributed by atoms with van der Waals surface area (Å²) in [4.78, 5) is 0. The van der Waals surface area contributed by atoms with Crippen molar-refractivity contribution in [1.82, 2.24) is 0 Å². The third-order valence-corrected chi connectivity index (χ3v) is 5.05. The number of benzene rings is 1. The van der Waals surface area contributed by atoms with Gasteiger partial charge in [0.15, 0.2) is 0 Å². The number of hydrogen-bond donors (Lipinski definition) is 0. The molecule has 0 amide bonds. The highest BCUT2D eigenvalue weighted by atomic mass is 28.1. The minimum Gasteiger partial charge on any atom is -0.0851 e. The van der Waals surface area contributed by atoms with Crippen LogP contribution < -0.4 is 5.19 Å². The fourth-order valence-corrected chi connectivity index (χ4v) is 3.65. The number of fused-ring (bicyclic) bond motifs is 2. The Morgan fingerprint density at radius 2 is 1.88 bits per heavy atom. The van der Waals surface area contributed by atoms with Crippen LogP contribution in [0, 0.1) is 25.7 Å². The SMILES string of the molecule is Cc1c([Si])ccc(C2CC3C=CC2C3)c1C. The number of rotatable bonds is 1. The van der Waals surface area contributed by atoms with Gasteiger partial charge in [-0.15, -0.1) is 0 Å². The summed E-state index contributed by atoms with van der Waals surface area (Å²) in [6.07, 6.45) is 7.61. The Kier molecular flexibility index (Phi) is 2.32. The van der Waals surface area contributed by atoms with Crippen molar-refractivity contribution in [3.8, 4) is 0 Å². The molecule has 0 heterocycles. The Balaban J connectivity index is 2.02. The van der Waals surface area contributed by atoms with E-state index in [0.29, 0.717) is 0 Å². The normalized spacial score (nSPS) is 31.3. The van der Waals surface area contributed by atoms with Crippen LogP contribution in [-0.4, -0.2) is 10.2 Å². The van der Waals surface area contributed by atoms with Crippen molar-refractivity contribution in [2.45, 2.75) is 32.6 Å². The lowest BCUT2D eigenvalue weighted by molar-refractivity contribution is 0.582. The molecule has 0 aromatic heterocycles. The molecule has 81 valence electrons. The first-order valence-electron chi connectivity index (χ1n) is 6.17. The van der Waals surface area contributed by atoms with Crippen molar-refractivity contribution < 1.29 is 0 Å². The van der Waals surface area contributed by atoms with Crippen LogP contribution in [0.5, 0.6) is 0 Å². The van der Waals surface area contributed by atoms with Gasteiger partial charge in [-0.2, -0.15) is 0 Å². The molecule has 1 heteroatoms. The topological polar surface area (TPSA) is 0 Å². The van der Waals surface area contributed by atoms with Crippen LogP contribution >= 0.6 is 0 Å². The molecule has 1 aromatic rings. The molecule has 0 nitrogen and oxygen atoms in total. The van der Waals surface area contributed by atoms with Gasteiger partial charge in [-0.3, -0.25) is 0 Å². The van der Waals surface area contributed by atoms with E-state index in [4.69, 9.17) is 0 Å². The van der Waals surface area contributed by atoms with Gasteiger partial charge in [0.2, 0.25) is 0 Å². The van der Waals surface area contributed by atoms with Gasteiger partial charge in [0.25, 0.3) is 0 Å². The molecule has 2 aliphatic rings. The Hall–Kier alpha value is -0.823. The van der Waals surface area contributed by atoms with E-state index in [-0.39, 0.29) is 0 Å². The third kappa shape index (κ3) is 1.41. The molecule has 2 bridgehead atoms. The summed E-state index contributed by atoms with van der Waals surface area (Å²) in [6, 6.07) is 4.54. The molecule has 1 fully saturated rings. The van der Waals surface area contributed by atoms with E-state index in [1.807, 2.05) is 0 Å². The second-order valence-corrected chi connectivity index (χ2v) is 5.88. The smallest absolute Gasteiger partial charge is 0.0715 e. The second kappa shape index (κ2) is 3.59. The predicted octanol–water partition coefficient (Wildman–Crippen LogP) is 2.78. The summed E-state index contributed by atoms with van der Waals surface area (Å²) in [5, 5.41) is 1.24. The summed E-state index contributed by atoms with van der Waals surface area (Å²) >= 11 is 0. The first-order chi connectivity index (χ1) is 7.66. The molecule has 0 aliphatic heterocycles. The van der Waals surface area contributed by atoms with Crippen LogP contribution in [0.2, 0.25) is 0 Å². The highest BCUT2D eigenvalue weighted by molar-refractivity contribution is 6.33. The van der Waals surface area contributed by atoms with Crippen LogP contribution in [-0.2, 0) is 0 Å². The van der Waals surface area contributed by atoms with Gasteiger partial charge >= 0.3 is 0 Å². The van der Waals surface area contributed by atoms with Gasteiger partial charge in [-0.25, -0.2) is 0 Å². The van der Waals surface area contributed by atoms with E-state index in [2.05, 4.69) is 48.4 Å². The average Bonchev–Trinajstić information content (AvgIpc) is 2.88. The molecule has 3 unspecified atom stereocenters. The largest absolute Gasteiger partial charge is 0.0851 e. The Labute approximate surface area is 101 Å². The van der Waals surface area contributed by atoms with Crippen LogP contribution in [0.3, 0.4) is 0 Å². The molecular weight excluding hydrogens is 208 g/mol. The Bertz CT molecular complexity index is 459. The van der Waals surface area contributed by atoms with E-state index >= 15 is 0 Å². The van der Waals surface area contributed by atoms with E-state index in [1.165, 1.54) is 29.2 Å². The maximum atomic E-state index is 3.67. The molecule has 1 aromatic carbocycles. The van der Waals surface area contributed by atoms with E-state index < -0.39 is 0 Å². The highest BCUT2D eigenvalue weighted by Gasteiger charge is 2.37. The molecule has 0 spiro atoms. The van der Waals surface area contributed by atoms with Gasteiger partial charge < -0.3 is 0 Å². The Morgan fingerprint density at radius 1 is 1.06 bits per heavy atom. The minimum atomic E-state index is 0.779. The number of allylic oxidation sites excluding steroid dienone is 2. The van der Waals surface area contributed by atoms with Crippen LogP contribution in [0.4, 0.5) is 0 Å². The molecule has 0 N–H and O–H groups in total. The average molecular weight is 225 g/mol. The monoisotopic (exact) mass is 225 g/mol. The summed E-state index contributed by atoms with van der Waals surface area (Å²) in [5.41, 5.74) is 4.47. The summed E-state index contributed by atoms with van der Waals surface area (Å²) in [5.74, 6) is 2.45. The molecule has 3 atom stereocenters. The lowest BCUT2D eigenvalue weighted by Crippen LogP contribution is -2.14. The number of hydrogen-bond acceptors (Lipinski definition) is 0. The standard InChI is InChI=1S/C15H17Si/c1-9-10(2)15(16)6-5-13(9)14-8-11-3-4-12(14)7-11/h3-6,11-12,14H,7-8H2,1-2H3. The molecule has 1 saturated carbocycles. The Morgan fingerprint density at radius 3 is 2.50 bits per heavy atom. The van der Waals surface area contributed by atoms with Gasteiger partial charge in [-0.05, 0) is 61.1 Å². The minimum absolute atomic E-state index is 0.779. The summed E-state index contributed by atoms with van der Waals surface area (Å²) in [7, 11) is 3.67. The van der Waals surface area contributed by atoms with Crippen molar-refractivity contribution >= 4 is 15.4 Å². The van der Waals surface area contributed by atoms with Crippen molar-refractivity contribution in [2.75, 3.05) is 0 Å². The van der Waals surface area contributed by atoms with Gasteiger partial charge in [0.05, 0.1) is 10.2 Å². The fourth-order valence-electron chi connectivity index (χ4n) is 3.38. The van der Waals surface area contributed by atoms with E-state index in [1.54, 1.807) is 5.56 Å². The van der Waals surface area contributed by atoms with Crippen molar-refractivity contribution in [3.63, 3.8) is 0 Å². The van der Waals surface area contributed by atoms with Gasteiger partial charge in [0, 0.05) is 0 Å². The first kappa shape index (κ1) is 10.3. The molecular formula is C15H17Si. The first-order valence-corrected chi connectivity index (χ1v) is 6.67.